The minimum absolute atomic E-state index is 0.0546. The van der Waals surface area contributed by atoms with Crippen molar-refractivity contribution in [2.75, 3.05) is 32.8 Å². The topological polar surface area (TPSA) is 67.4 Å². The minimum Gasteiger partial charge on any atom is -0.380 e. The molecule has 1 saturated heterocycles. The average Bonchev–Trinajstić information content (AvgIpc) is 2.82. The lowest BCUT2D eigenvalue weighted by molar-refractivity contribution is 0.124. The third-order valence-corrected chi connectivity index (χ3v) is 6.04. The van der Waals surface area contributed by atoms with Crippen molar-refractivity contribution in [3.63, 3.8) is 0 Å². The maximum Gasteiger partial charge on any atom is 0.240 e. The lowest BCUT2D eigenvalue weighted by Crippen LogP contribution is -2.35. The zero-order valence-electron chi connectivity index (χ0n) is 14.3. The highest BCUT2D eigenvalue weighted by atomic mass is 32.2. The molecule has 1 fully saturated rings. The molecule has 0 amide bonds. The van der Waals surface area contributed by atoms with Gasteiger partial charge in [-0.1, -0.05) is 32.9 Å². The fourth-order valence-electron chi connectivity index (χ4n) is 2.49. The number of sulfonamides is 1. The van der Waals surface area contributed by atoms with E-state index in [1.165, 1.54) is 0 Å². The molecule has 1 aliphatic rings. The summed E-state index contributed by atoms with van der Waals surface area (Å²) in [6, 6.07) is 7.20. The van der Waals surface area contributed by atoms with Crippen molar-refractivity contribution in [3.05, 3.63) is 29.8 Å². The second-order valence-electron chi connectivity index (χ2n) is 6.76. The molecule has 2 N–H and O–H groups in total. The number of nitrogens with one attached hydrogen (secondary N) is 2. The van der Waals surface area contributed by atoms with Gasteiger partial charge in [-0.05, 0) is 29.5 Å². The molecule has 1 heterocycles. The fourth-order valence-corrected chi connectivity index (χ4v) is 3.61. The van der Waals surface area contributed by atoms with Gasteiger partial charge in [0.15, 0.2) is 0 Å². The molecule has 130 valence electrons. The second-order valence-corrected chi connectivity index (χ2v) is 8.53. The van der Waals surface area contributed by atoms with Gasteiger partial charge in [-0.15, -0.1) is 0 Å². The van der Waals surface area contributed by atoms with E-state index in [2.05, 4.69) is 30.8 Å². The third kappa shape index (κ3) is 5.01. The molecular formula is C17H28N2O3S. The van der Waals surface area contributed by atoms with Crippen molar-refractivity contribution < 1.29 is 13.2 Å². The molecule has 6 heteroatoms. The fraction of sp³-hybridized carbons (Fsp3) is 0.647. The summed E-state index contributed by atoms with van der Waals surface area (Å²) in [5.74, 6) is 0.158. The molecule has 0 saturated carbocycles. The van der Waals surface area contributed by atoms with Crippen LogP contribution >= 0.6 is 0 Å². The van der Waals surface area contributed by atoms with Crippen molar-refractivity contribution in [1.29, 1.82) is 0 Å². The Morgan fingerprint density at radius 1 is 1.30 bits per heavy atom. The number of benzene rings is 1. The van der Waals surface area contributed by atoms with E-state index >= 15 is 0 Å². The Bertz CT molecular complexity index is 589. The van der Waals surface area contributed by atoms with Gasteiger partial charge in [-0.3, -0.25) is 0 Å². The Labute approximate surface area is 139 Å². The number of ether oxygens (including phenoxy) is 1. The quantitative estimate of drug-likeness (QED) is 0.830. The van der Waals surface area contributed by atoms with Crippen LogP contribution < -0.4 is 10.0 Å². The van der Waals surface area contributed by atoms with E-state index in [4.69, 9.17) is 4.74 Å². The van der Waals surface area contributed by atoms with Crippen LogP contribution in [0.5, 0.6) is 0 Å². The molecule has 1 atom stereocenters. The Morgan fingerprint density at radius 3 is 2.65 bits per heavy atom. The lowest BCUT2D eigenvalue weighted by Gasteiger charge is -2.23. The zero-order chi connectivity index (χ0) is 16.9. The predicted octanol–water partition coefficient (Wildman–Crippen LogP) is 1.89. The van der Waals surface area contributed by atoms with Crippen molar-refractivity contribution >= 4 is 10.0 Å². The van der Waals surface area contributed by atoms with Crippen LogP contribution in [0.4, 0.5) is 0 Å². The summed E-state index contributed by atoms with van der Waals surface area (Å²) < 4.78 is 33.0. The normalized spacial score (nSPS) is 20.2. The zero-order valence-corrected chi connectivity index (χ0v) is 15.1. The number of hydrogen-bond acceptors (Lipinski definition) is 4. The monoisotopic (exact) mass is 340 g/mol. The molecule has 5 nitrogen and oxygen atoms in total. The van der Waals surface area contributed by atoms with Gasteiger partial charge >= 0.3 is 0 Å². The Morgan fingerprint density at radius 2 is 2.00 bits per heavy atom. The molecule has 1 aliphatic heterocycles. The van der Waals surface area contributed by atoms with Crippen LogP contribution in [0.3, 0.4) is 0 Å². The standard InChI is InChI=1S/C17H28N2O3S/c1-4-17(2,3)15-5-7-16(8-6-15)23(20,21)19-12-14-11-18-9-10-22-13-14/h5-8,14,18-19H,4,9-13H2,1-3H3. The molecule has 0 aliphatic carbocycles. The number of hydrogen-bond donors (Lipinski definition) is 2. The third-order valence-electron chi connectivity index (χ3n) is 4.60. The van der Waals surface area contributed by atoms with E-state index < -0.39 is 10.0 Å². The molecule has 0 aromatic heterocycles. The molecule has 0 bridgehead atoms. The lowest BCUT2D eigenvalue weighted by atomic mass is 9.82. The van der Waals surface area contributed by atoms with Crippen LogP contribution in [0.15, 0.2) is 29.2 Å². The highest BCUT2D eigenvalue weighted by Crippen LogP contribution is 2.27. The van der Waals surface area contributed by atoms with Crippen molar-refractivity contribution in [3.8, 4) is 0 Å². The molecule has 1 aromatic carbocycles. The first-order chi connectivity index (χ1) is 10.8. The van der Waals surface area contributed by atoms with Gasteiger partial charge in [0.2, 0.25) is 10.0 Å². The molecule has 1 unspecified atom stereocenters. The highest BCUT2D eigenvalue weighted by molar-refractivity contribution is 7.89. The minimum atomic E-state index is -3.47. The number of rotatable bonds is 6. The maximum atomic E-state index is 12.4. The molecule has 0 radical (unpaired) electrons. The summed E-state index contributed by atoms with van der Waals surface area (Å²) in [4.78, 5) is 0.315. The van der Waals surface area contributed by atoms with Gasteiger partial charge in [0.05, 0.1) is 18.1 Å². The van der Waals surface area contributed by atoms with Crippen LogP contribution in [0.2, 0.25) is 0 Å². The predicted molar refractivity (Wildman–Crippen MR) is 92.1 cm³/mol. The largest absolute Gasteiger partial charge is 0.380 e. The average molecular weight is 340 g/mol. The van der Waals surface area contributed by atoms with E-state index in [9.17, 15) is 8.42 Å². The van der Waals surface area contributed by atoms with Crippen LogP contribution in [-0.4, -0.2) is 41.3 Å². The van der Waals surface area contributed by atoms with Gasteiger partial charge < -0.3 is 10.1 Å². The Kier molecular flexibility index (Phi) is 6.19. The molecule has 1 aromatic rings. The summed E-state index contributed by atoms with van der Waals surface area (Å²) in [5.41, 5.74) is 1.21. The van der Waals surface area contributed by atoms with Crippen molar-refractivity contribution in [2.24, 2.45) is 5.92 Å². The van der Waals surface area contributed by atoms with Crippen molar-refractivity contribution in [1.82, 2.24) is 10.0 Å². The van der Waals surface area contributed by atoms with Crippen LogP contribution in [0.1, 0.15) is 32.8 Å². The van der Waals surface area contributed by atoms with Gasteiger partial charge in [0, 0.05) is 25.6 Å². The maximum absolute atomic E-state index is 12.4. The summed E-state index contributed by atoms with van der Waals surface area (Å²) in [6.45, 7) is 9.69. The molecule has 2 rings (SSSR count). The summed E-state index contributed by atoms with van der Waals surface area (Å²) in [5, 5.41) is 3.24. The van der Waals surface area contributed by atoms with Crippen LogP contribution in [-0.2, 0) is 20.2 Å². The van der Waals surface area contributed by atoms with Gasteiger partial charge in [0.25, 0.3) is 0 Å². The van der Waals surface area contributed by atoms with Crippen molar-refractivity contribution in [2.45, 2.75) is 37.5 Å². The second kappa shape index (κ2) is 7.75. The highest BCUT2D eigenvalue weighted by Gasteiger charge is 2.21. The van der Waals surface area contributed by atoms with Crippen LogP contribution in [0.25, 0.3) is 0 Å². The van der Waals surface area contributed by atoms with E-state index in [1.54, 1.807) is 12.1 Å². The Hall–Kier alpha value is -0.950. The molecule has 0 spiro atoms. The molecular weight excluding hydrogens is 312 g/mol. The van der Waals surface area contributed by atoms with E-state index in [-0.39, 0.29) is 11.3 Å². The van der Waals surface area contributed by atoms with E-state index in [1.807, 2.05) is 12.1 Å². The molecule has 23 heavy (non-hydrogen) atoms. The first kappa shape index (κ1) is 18.4. The summed E-state index contributed by atoms with van der Waals surface area (Å²) in [6.07, 6.45) is 1.01. The van der Waals surface area contributed by atoms with Crippen LogP contribution in [0, 0.1) is 5.92 Å². The summed E-state index contributed by atoms with van der Waals surface area (Å²) in [7, 11) is -3.47. The van der Waals surface area contributed by atoms with Gasteiger partial charge in [-0.25, -0.2) is 13.1 Å². The summed E-state index contributed by atoms with van der Waals surface area (Å²) >= 11 is 0. The van der Waals surface area contributed by atoms with Gasteiger partial charge in [0.1, 0.15) is 0 Å². The van der Waals surface area contributed by atoms with E-state index in [0.717, 1.165) is 25.1 Å². The SMILES string of the molecule is CCC(C)(C)c1ccc(S(=O)(=O)NCC2CNCCOC2)cc1. The first-order valence-electron chi connectivity index (χ1n) is 8.24. The Balaban J connectivity index is 2.01. The van der Waals surface area contributed by atoms with E-state index in [0.29, 0.717) is 24.7 Å². The smallest absolute Gasteiger partial charge is 0.240 e. The van der Waals surface area contributed by atoms with Gasteiger partial charge in [-0.2, -0.15) is 0 Å². The first-order valence-corrected chi connectivity index (χ1v) is 9.72.